The Balaban J connectivity index is 1.48. The maximum Gasteiger partial charge on any atom is 0.223 e. The molecule has 2 aromatic heterocycles. The number of aromatic nitrogens is 4. The molecule has 2 N–H and O–H groups in total. The van der Waals surface area contributed by atoms with Gasteiger partial charge in [-0.25, -0.2) is 9.97 Å². The highest BCUT2D eigenvalue weighted by Crippen LogP contribution is 2.34. The zero-order valence-corrected chi connectivity index (χ0v) is 15.7. The van der Waals surface area contributed by atoms with E-state index in [1.165, 1.54) is 11.8 Å². The quantitative estimate of drug-likeness (QED) is 0.627. The Labute approximate surface area is 166 Å². The van der Waals surface area contributed by atoms with Gasteiger partial charge in [-0.15, -0.1) is 0 Å². The van der Waals surface area contributed by atoms with Crippen molar-refractivity contribution in [2.45, 2.75) is 6.54 Å². The summed E-state index contributed by atoms with van der Waals surface area (Å²) >= 11 is 1.49. The summed E-state index contributed by atoms with van der Waals surface area (Å²) in [4.78, 5) is 8.74. The number of nitrogens with zero attached hydrogens (tertiary/aromatic N) is 5. The summed E-state index contributed by atoms with van der Waals surface area (Å²) in [7, 11) is 0. The van der Waals surface area contributed by atoms with Gasteiger partial charge in [-0.05, 0) is 17.7 Å². The number of allylic oxidation sites excluding steroid dienone is 1. The first-order chi connectivity index (χ1) is 13.8. The van der Waals surface area contributed by atoms with E-state index in [0.717, 1.165) is 16.3 Å². The van der Waals surface area contributed by atoms with Crippen molar-refractivity contribution in [2.24, 2.45) is 0 Å². The first-order valence-corrected chi connectivity index (χ1v) is 9.60. The van der Waals surface area contributed by atoms with Gasteiger partial charge in [0.15, 0.2) is 0 Å². The van der Waals surface area contributed by atoms with E-state index < -0.39 is 0 Å². The van der Waals surface area contributed by atoms with Crippen molar-refractivity contribution < 1.29 is 0 Å². The van der Waals surface area contributed by atoms with E-state index in [2.05, 4.69) is 31.8 Å². The van der Waals surface area contributed by atoms with Crippen molar-refractivity contribution in [2.75, 3.05) is 11.9 Å². The van der Waals surface area contributed by atoms with Gasteiger partial charge in [0.1, 0.15) is 11.6 Å². The van der Waals surface area contributed by atoms with Crippen LogP contribution in [0, 0.1) is 11.3 Å². The van der Waals surface area contributed by atoms with Gasteiger partial charge in [0.25, 0.3) is 0 Å². The molecule has 0 radical (unpaired) electrons. The Morgan fingerprint density at radius 2 is 2.07 bits per heavy atom. The Morgan fingerprint density at radius 1 is 1.18 bits per heavy atom. The van der Waals surface area contributed by atoms with Gasteiger partial charge in [0.2, 0.25) is 5.95 Å². The van der Waals surface area contributed by atoms with Gasteiger partial charge in [-0.2, -0.15) is 10.4 Å². The summed E-state index contributed by atoms with van der Waals surface area (Å²) < 4.78 is 1.83. The highest BCUT2D eigenvalue weighted by Gasteiger charge is 2.18. The Bertz CT molecular complexity index is 1050. The zero-order valence-electron chi connectivity index (χ0n) is 14.9. The highest BCUT2D eigenvalue weighted by atomic mass is 32.2. The molecule has 3 heterocycles. The van der Waals surface area contributed by atoms with Crippen LogP contribution in [-0.2, 0) is 6.54 Å². The number of nitriles is 1. The van der Waals surface area contributed by atoms with Crippen LogP contribution in [0.5, 0.6) is 0 Å². The monoisotopic (exact) mass is 387 g/mol. The van der Waals surface area contributed by atoms with E-state index in [4.69, 9.17) is 0 Å². The maximum atomic E-state index is 9.71. The van der Waals surface area contributed by atoms with E-state index in [1.807, 2.05) is 52.7 Å². The third kappa shape index (κ3) is 4.05. The summed E-state index contributed by atoms with van der Waals surface area (Å²) in [6.07, 6.45) is 5.30. The first kappa shape index (κ1) is 17.8. The van der Waals surface area contributed by atoms with E-state index in [9.17, 15) is 5.26 Å². The molecule has 3 aromatic rings. The summed E-state index contributed by atoms with van der Waals surface area (Å²) in [6.45, 7) is 1.34. The van der Waals surface area contributed by atoms with E-state index >= 15 is 0 Å². The van der Waals surface area contributed by atoms with Crippen molar-refractivity contribution in [3.8, 4) is 6.07 Å². The molecule has 7 nitrogen and oxygen atoms in total. The van der Waals surface area contributed by atoms with Crippen molar-refractivity contribution in [1.82, 2.24) is 25.1 Å². The minimum absolute atomic E-state index is 0.484. The number of benzene rings is 1. The van der Waals surface area contributed by atoms with E-state index in [1.54, 1.807) is 18.5 Å². The molecule has 1 aliphatic rings. The summed E-state index contributed by atoms with van der Waals surface area (Å²) in [5.41, 5.74) is 3.12. The predicted octanol–water partition coefficient (Wildman–Crippen LogP) is 3.31. The van der Waals surface area contributed by atoms with Gasteiger partial charge in [0.05, 0.1) is 23.0 Å². The fourth-order valence-corrected chi connectivity index (χ4v) is 3.57. The average Bonchev–Trinajstić information content (AvgIpc) is 3.42. The second-order valence-electron chi connectivity index (χ2n) is 5.92. The van der Waals surface area contributed by atoms with Crippen LogP contribution in [-0.4, -0.2) is 26.3 Å². The summed E-state index contributed by atoms with van der Waals surface area (Å²) in [5, 5.41) is 23.1. The number of nitrogens with one attached hydrogen (secondary N) is 2. The molecule has 1 aliphatic heterocycles. The van der Waals surface area contributed by atoms with E-state index in [-0.39, 0.29) is 0 Å². The molecule has 0 fully saturated rings. The van der Waals surface area contributed by atoms with Crippen LogP contribution in [0.4, 0.5) is 5.95 Å². The summed E-state index contributed by atoms with van der Waals surface area (Å²) in [6, 6.07) is 15.9. The molecule has 0 amide bonds. The molecule has 0 saturated heterocycles. The predicted molar refractivity (Wildman–Crippen MR) is 110 cm³/mol. The van der Waals surface area contributed by atoms with Gasteiger partial charge >= 0.3 is 0 Å². The molecule has 4 rings (SSSR count). The molecule has 0 saturated carbocycles. The van der Waals surface area contributed by atoms with Crippen molar-refractivity contribution in [3.05, 3.63) is 82.7 Å². The maximum absolute atomic E-state index is 9.71. The molecule has 138 valence electrons. The molecule has 0 bridgehead atoms. The standard InChI is InChI=1S/C20H17N7S/c21-13-16(19-25-18(14-28-19)15-5-2-1-3-6-15)17-7-9-22-20(26-17)23-10-12-27-11-4-8-24-27/h1-9,11,14,25H,10,12H2,(H,22,23,26). The lowest BCUT2D eigenvalue weighted by Crippen LogP contribution is -2.13. The number of thioether (sulfide) groups is 1. The Kier molecular flexibility index (Phi) is 5.36. The molecule has 8 heteroatoms. The van der Waals surface area contributed by atoms with Gasteiger partial charge in [-0.1, -0.05) is 42.1 Å². The van der Waals surface area contributed by atoms with E-state index in [0.29, 0.717) is 30.3 Å². The molecule has 0 atom stereocenters. The van der Waals surface area contributed by atoms with Crippen LogP contribution >= 0.6 is 11.8 Å². The Hall–Kier alpha value is -3.57. The van der Waals surface area contributed by atoms with Crippen LogP contribution < -0.4 is 10.6 Å². The smallest absolute Gasteiger partial charge is 0.223 e. The number of rotatable bonds is 6. The van der Waals surface area contributed by atoms with Crippen molar-refractivity contribution in [1.29, 1.82) is 5.26 Å². The average molecular weight is 387 g/mol. The molecular weight excluding hydrogens is 370 g/mol. The lowest BCUT2D eigenvalue weighted by molar-refractivity contribution is 0.636. The van der Waals surface area contributed by atoms with Crippen LogP contribution in [0.15, 0.2) is 71.5 Å². The van der Waals surface area contributed by atoms with Gasteiger partial charge in [-0.3, -0.25) is 4.68 Å². The minimum Gasteiger partial charge on any atom is -0.352 e. The molecule has 0 aliphatic carbocycles. The van der Waals surface area contributed by atoms with Crippen LogP contribution in [0.2, 0.25) is 0 Å². The fourth-order valence-electron chi connectivity index (χ4n) is 2.70. The highest BCUT2D eigenvalue weighted by molar-refractivity contribution is 8.06. The van der Waals surface area contributed by atoms with Gasteiger partial charge < -0.3 is 10.6 Å². The second-order valence-corrected chi connectivity index (χ2v) is 6.80. The van der Waals surface area contributed by atoms with Crippen LogP contribution in [0.1, 0.15) is 11.3 Å². The number of hydrogen-bond acceptors (Lipinski definition) is 7. The third-order valence-corrected chi connectivity index (χ3v) is 4.96. The third-order valence-electron chi connectivity index (χ3n) is 4.06. The number of anilines is 1. The van der Waals surface area contributed by atoms with Crippen molar-refractivity contribution >= 4 is 29.0 Å². The Morgan fingerprint density at radius 3 is 2.86 bits per heavy atom. The molecular formula is C20H17N7S. The molecule has 1 aromatic carbocycles. The van der Waals surface area contributed by atoms with Crippen molar-refractivity contribution in [3.63, 3.8) is 0 Å². The molecule has 28 heavy (non-hydrogen) atoms. The lowest BCUT2D eigenvalue weighted by Gasteiger charge is -2.09. The largest absolute Gasteiger partial charge is 0.352 e. The number of hydrogen-bond donors (Lipinski definition) is 2. The normalized spacial score (nSPS) is 14.8. The topological polar surface area (TPSA) is 91.5 Å². The molecule has 0 unspecified atom stereocenters. The van der Waals surface area contributed by atoms with Gasteiger partial charge in [0, 0.05) is 30.5 Å². The minimum atomic E-state index is 0.484. The first-order valence-electron chi connectivity index (χ1n) is 8.72. The fraction of sp³-hybridized carbons (Fsp3) is 0.100. The molecule has 0 spiro atoms. The SMILES string of the molecule is N#CC(=C1NC(c2ccccc2)=CS1)c1ccnc(NCCn2cccn2)n1. The second kappa shape index (κ2) is 8.41. The van der Waals surface area contributed by atoms with Crippen LogP contribution in [0.25, 0.3) is 11.3 Å². The summed E-state index contributed by atoms with van der Waals surface area (Å²) in [5.74, 6) is 0.484. The van der Waals surface area contributed by atoms with Crippen LogP contribution in [0.3, 0.4) is 0 Å². The zero-order chi connectivity index (χ0) is 19.2. The lowest BCUT2D eigenvalue weighted by atomic mass is 10.1.